The number of anilines is 1. The molecule has 19 heavy (non-hydrogen) atoms. The summed E-state index contributed by atoms with van der Waals surface area (Å²) < 4.78 is 1.69. The van der Waals surface area contributed by atoms with E-state index in [1.807, 2.05) is 13.8 Å². The van der Waals surface area contributed by atoms with Crippen LogP contribution in [0.25, 0.3) is 0 Å². The summed E-state index contributed by atoms with van der Waals surface area (Å²) in [5, 5.41) is 32.1. The Morgan fingerprint density at radius 1 is 1.26 bits per heavy atom. The molecule has 5 N–H and O–H groups in total. The van der Waals surface area contributed by atoms with E-state index in [0.29, 0.717) is 31.9 Å². The molecule has 0 fully saturated rings. The highest BCUT2D eigenvalue weighted by molar-refractivity contribution is 5.46. The van der Waals surface area contributed by atoms with Crippen LogP contribution in [0, 0.1) is 13.8 Å². The molecule has 0 aliphatic rings. The minimum absolute atomic E-state index is 0.000423. The smallest absolute Gasteiger partial charge is 0.0862 e. The van der Waals surface area contributed by atoms with E-state index in [-0.39, 0.29) is 13.2 Å². The molecular weight excluding hydrogens is 248 g/mol. The van der Waals surface area contributed by atoms with Crippen molar-refractivity contribution in [2.45, 2.75) is 26.5 Å². The molecule has 1 unspecified atom stereocenters. The number of aryl methyl sites for hydroxylation is 1. The molecule has 1 rings (SSSR count). The van der Waals surface area contributed by atoms with Crippen molar-refractivity contribution in [1.82, 2.24) is 14.7 Å². The Morgan fingerprint density at radius 3 is 2.26 bits per heavy atom. The highest BCUT2D eigenvalue weighted by Crippen LogP contribution is 2.15. The van der Waals surface area contributed by atoms with Crippen molar-refractivity contribution in [3.8, 4) is 0 Å². The number of nitrogen functional groups attached to an aromatic ring is 1. The summed E-state index contributed by atoms with van der Waals surface area (Å²) in [4.78, 5) is 1.81. The first-order valence-corrected chi connectivity index (χ1v) is 6.41. The van der Waals surface area contributed by atoms with Gasteiger partial charge in [-0.2, -0.15) is 5.10 Å². The second kappa shape index (κ2) is 7.44. The standard InChI is InChI=1S/C12H24N4O3/c1-9-12(13)10(2)16(14-9)8-11(19)7-15(3-5-17)4-6-18/h11,17-19H,3-8,13H2,1-2H3. The first-order valence-electron chi connectivity index (χ1n) is 6.41. The second-order valence-corrected chi connectivity index (χ2v) is 4.67. The number of nitrogens with zero attached hydrogens (tertiary/aromatic N) is 3. The van der Waals surface area contributed by atoms with E-state index in [9.17, 15) is 5.11 Å². The number of aliphatic hydroxyl groups excluding tert-OH is 3. The molecule has 1 aromatic rings. The summed E-state index contributed by atoms with van der Waals surface area (Å²) >= 11 is 0. The van der Waals surface area contributed by atoms with Gasteiger partial charge in [-0.3, -0.25) is 9.58 Å². The lowest BCUT2D eigenvalue weighted by Crippen LogP contribution is -2.38. The maximum Gasteiger partial charge on any atom is 0.0862 e. The SMILES string of the molecule is Cc1nn(CC(O)CN(CCO)CCO)c(C)c1N. The molecule has 0 bridgehead atoms. The third kappa shape index (κ3) is 4.46. The topological polar surface area (TPSA) is 108 Å². The van der Waals surface area contributed by atoms with Gasteiger partial charge in [-0.1, -0.05) is 0 Å². The third-order valence-corrected chi connectivity index (χ3v) is 3.12. The monoisotopic (exact) mass is 272 g/mol. The zero-order chi connectivity index (χ0) is 14.4. The molecule has 0 saturated heterocycles. The zero-order valence-corrected chi connectivity index (χ0v) is 11.6. The molecule has 0 aliphatic heterocycles. The summed E-state index contributed by atoms with van der Waals surface area (Å²) in [7, 11) is 0. The molecule has 1 heterocycles. The van der Waals surface area contributed by atoms with E-state index in [4.69, 9.17) is 15.9 Å². The van der Waals surface area contributed by atoms with Crippen LogP contribution >= 0.6 is 0 Å². The summed E-state index contributed by atoms with van der Waals surface area (Å²) in [5.74, 6) is 0. The highest BCUT2D eigenvalue weighted by atomic mass is 16.3. The van der Waals surface area contributed by atoms with Gasteiger partial charge in [-0.25, -0.2) is 0 Å². The van der Waals surface area contributed by atoms with Gasteiger partial charge in [0.05, 0.1) is 42.9 Å². The third-order valence-electron chi connectivity index (χ3n) is 3.12. The fraction of sp³-hybridized carbons (Fsp3) is 0.750. The van der Waals surface area contributed by atoms with Gasteiger partial charge in [0.1, 0.15) is 0 Å². The molecule has 1 atom stereocenters. The van der Waals surface area contributed by atoms with Crippen molar-refractivity contribution in [3.05, 3.63) is 11.4 Å². The lowest BCUT2D eigenvalue weighted by atomic mass is 10.3. The Hall–Kier alpha value is -1.15. The van der Waals surface area contributed by atoms with Crippen LogP contribution in [0.4, 0.5) is 5.69 Å². The van der Waals surface area contributed by atoms with Crippen molar-refractivity contribution in [1.29, 1.82) is 0 Å². The predicted molar refractivity (Wildman–Crippen MR) is 72.7 cm³/mol. The van der Waals surface area contributed by atoms with Gasteiger partial charge in [-0.15, -0.1) is 0 Å². The van der Waals surface area contributed by atoms with Gasteiger partial charge in [0.25, 0.3) is 0 Å². The number of aliphatic hydroxyl groups is 3. The number of hydrogen-bond donors (Lipinski definition) is 4. The molecule has 7 nitrogen and oxygen atoms in total. The molecule has 110 valence electrons. The van der Waals surface area contributed by atoms with Gasteiger partial charge in [0.15, 0.2) is 0 Å². The van der Waals surface area contributed by atoms with E-state index >= 15 is 0 Å². The van der Waals surface area contributed by atoms with Crippen molar-refractivity contribution in [2.75, 3.05) is 38.6 Å². The highest BCUT2D eigenvalue weighted by Gasteiger charge is 2.15. The Morgan fingerprint density at radius 2 is 1.84 bits per heavy atom. The van der Waals surface area contributed by atoms with E-state index in [2.05, 4.69) is 5.10 Å². The summed E-state index contributed by atoms with van der Waals surface area (Å²) in [6, 6.07) is 0. The molecule has 0 aromatic carbocycles. The largest absolute Gasteiger partial charge is 0.396 e. The van der Waals surface area contributed by atoms with Crippen LogP contribution in [0.3, 0.4) is 0 Å². The zero-order valence-electron chi connectivity index (χ0n) is 11.6. The fourth-order valence-electron chi connectivity index (χ4n) is 2.02. The lowest BCUT2D eigenvalue weighted by molar-refractivity contribution is 0.0747. The van der Waals surface area contributed by atoms with Gasteiger partial charge in [0.2, 0.25) is 0 Å². The number of hydrogen-bond acceptors (Lipinski definition) is 6. The van der Waals surface area contributed by atoms with Crippen LogP contribution in [-0.2, 0) is 6.54 Å². The Bertz CT molecular complexity index is 389. The normalized spacial score (nSPS) is 13.2. The number of aromatic nitrogens is 2. The van der Waals surface area contributed by atoms with Crippen LogP contribution in [-0.4, -0.2) is 69.0 Å². The maximum atomic E-state index is 10.0. The van der Waals surface area contributed by atoms with Gasteiger partial charge >= 0.3 is 0 Å². The molecule has 0 aliphatic carbocycles. The summed E-state index contributed by atoms with van der Waals surface area (Å²) in [6.07, 6.45) is -0.629. The second-order valence-electron chi connectivity index (χ2n) is 4.67. The van der Waals surface area contributed by atoms with Crippen molar-refractivity contribution in [2.24, 2.45) is 0 Å². The Balaban J connectivity index is 2.58. The number of rotatable bonds is 8. The van der Waals surface area contributed by atoms with E-state index in [1.165, 1.54) is 0 Å². The van der Waals surface area contributed by atoms with E-state index in [1.54, 1.807) is 9.58 Å². The lowest BCUT2D eigenvalue weighted by Gasteiger charge is -2.23. The van der Waals surface area contributed by atoms with Crippen LogP contribution in [0.2, 0.25) is 0 Å². The number of nitrogens with two attached hydrogens (primary N) is 1. The van der Waals surface area contributed by atoms with E-state index in [0.717, 1.165) is 11.4 Å². The Kier molecular flexibility index (Phi) is 6.23. The molecule has 1 aromatic heterocycles. The van der Waals surface area contributed by atoms with Crippen molar-refractivity contribution in [3.63, 3.8) is 0 Å². The first kappa shape index (κ1) is 15.9. The molecule has 0 amide bonds. The van der Waals surface area contributed by atoms with Crippen LogP contribution < -0.4 is 5.73 Å². The maximum absolute atomic E-state index is 10.0. The van der Waals surface area contributed by atoms with Crippen LogP contribution in [0.5, 0.6) is 0 Å². The van der Waals surface area contributed by atoms with Crippen molar-refractivity contribution >= 4 is 5.69 Å². The van der Waals surface area contributed by atoms with Crippen molar-refractivity contribution < 1.29 is 15.3 Å². The van der Waals surface area contributed by atoms with Crippen LogP contribution in [0.15, 0.2) is 0 Å². The average Bonchev–Trinajstić information content (AvgIpc) is 2.57. The van der Waals surface area contributed by atoms with Gasteiger partial charge in [-0.05, 0) is 13.8 Å². The molecule has 7 heteroatoms. The predicted octanol–water partition coefficient (Wildman–Crippen LogP) is -1.27. The molecule has 0 radical (unpaired) electrons. The fourth-order valence-corrected chi connectivity index (χ4v) is 2.02. The van der Waals surface area contributed by atoms with E-state index < -0.39 is 6.10 Å². The van der Waals surface area contributed by atoms with Gasteiger partial charge < -0.3 is 21.1 Å². The molecule has 0 saturated carbocycles. The quantitative estimate of drug-likeness (QED) is 0.470. The summed E-state index contributed by atoms with van der Waals surface area (Å²) in [6.45, 7) is 5.26. The first-order chi connectivity index (χ1) is 8.99. The minimum atomic E-state index is -0.629. The minimum Gasteiger partial charge on any atom is -0.396 e. The van der Waals surface area contributed by atoms with Crippen LogP contribution in [0.1, 0.15) is 11.4 Å². The Labute approximate surface area is 113 Å². The molecule has 0 spiro atoms. The molecular formula is C12H24N4O3. The average molecular weight is 272 g/mol. The van der Waals surface area contributed by atoms with Gasteiger partial charge in [0, 0.05) is 19.6 Å². The summed E-state index contributed by atoms with van der Waals surface area (Å²) in [5.41, 5.74) is 8.08.